The Bertz CT molecular complexity index is 3210. The number of benzene rings is 8. The van der Waals surface area contributed by atoms with Crippen molar-refractivity contribution in [3.63, 3.8) is 0 Å². The first-order chi connectivity index (χ1) is 26.4. The summed E-state index contributed by atoms with van der Waals surface area (Å²) in [5.41, 5.74) is 14.2. The molecule has 2 heterocycles. The zero-order chi connectivity index (χ0) is 36.3. The summed E-state index contributed by atoms with van der Waals surface area (Å²) in [7, 11) is 0. The SMILES string of the molecule is C=CC1=C(c2cc3oc4ccccc4c3cc2C)c2ccc(-c3c4ccccc4c(-c4ccc5c(c4)sc4ccccc45)c4ccccc34)cc2C1(C)C. The second-order valence-electron chi connectivity index (χ2n) is 15.3. The highest BCUT2D eigenvalue weighted by molar-refractivity contribution is 7.25. The van der Waals surface area contributed by atoms with Gasteiger partial charge in [0.05, 0.1) is 0 Å². The van der Waals surface area contributed by atoms with Crippen LogP contribution in [-0.4, -0.2) is 0 Å². The molecule has 0 spiro atoms. The van der Waals surface area contributed by atoms with E-state index in [2.05, 4.69) is 173 Å². The van der Waals surface area contributed by atoms with E-state index in [9.17, 15) is 0 Å². The second-order valence-corrected chi connectivity index (χ2v) is 16.4. The van der Waals surface area contributed by atoms with Crippen molar-refractivity contribution in [1.29, 1.82) is 0 Å². The average Bonchev–Trinajstić information content (AvgIpc) is 3.82. The van der Waals surface area contributed by atoms with Gasteiger partial charge in [0.2, 0.25) is 0 Å². The van der Waals surface area contributed by atoms with Crippen molar-refractivity contribution >= 4 is 80.6 Å². The van der Waals surface area contributed by atoms with Crippen LogP contribution in [0.25, 0.3) is 91.5 Å². The molecule has 0 unspecified atom stereocenters. The third-order valence-corrected chi connectivity index (χ3v) is 13.1. The number of hydrogen-bond acceptors (Lipinski definition) is 2. The summed E-state index contributed by atoms with van der Waals surface area (Å²) in [6.07, 6.45) is 2.07. The van der Waals surface area contributed by atoms with Gasteiger partial charge in [-0.3, -0.25) is 0 Å². The van der Waals surface area contributed by atoms with Crippen LogP contribution in [0.3, 0.4) is 0 Å². The predicted molar refractivity (Wildman–Crippen MR) is 233 cm³/mol. The molecule has 54 heavy (non-hydrogen) atoms. The molecular formula is C52H36OS. The molecule has 0 radical (unpaired) electrons. The highest BCUT2D eigenvalue weighted by Gasteiger charge is 2.38. The molecule has 0 saturated heterocycles. The number of rotatable bonds is 4. The van der Waals surface area contributed by atoms with E-state index < -0.39 is 0 Å². The second kappa shape index (κ2) is 11.4. The van der Waals surface area contributed by atoms with Crippen LogP contribution in [0.2, 0.25) is 0 Å². The Hall–Kier alpha value is -6.22. The van der Waals surface area contributed by atoms with Crippen LogP contribution in [0.4, 0.5) is 0 Å². The fourth-order valence-corrected chi connectivity index (χ4v) is 10.6. The summed E-state index contributed by atoms with van der Waals surface area (Å²) < 4.78 is 9.06. The van der Waals surface area contributed by atoms with E-state index in [1.807, 2.05) is 17.4 Å². The van der Waals surface area contributed by atoms with Crippen molar-refractivity contribution in [1.82, 2.24) is 0 Å². The highest BCUT2D eigenvalue weighted by atomic mass is 32.1. The van der Waals surface area contributed by atoms with Crippen LogP contribution in [0.5, 0.6) is 0 Å². The van der Waals surface area contributed by atoms with Gasteiger partial charge in [-0.1, -0.05) is 136 Å². The van der Waals surface area contributed by atoms with Gasteiger partial charge in [-0.05, 0) is 121 Å². The minimum Gasteiger partial charge on any atom is -0.456 e. The van der Waals surface area contributed by atoms with E-state index in [0.29, 0.717) is 0 Å². The molecule has 2 aromatic heterocycles. The molecule has 1 aliphatic carbocycles. The van der Waals surface area contributed by atoms with Gasteiger partial charge in [-0.25, -0.2) is 0 Å². The number of aryl methyl sites for hydroxylation is 1. The molecule has 0 amide bonds. The van der Waals surface area contributed by atoms with E-state index in [0.717, 1.165) is 21.9 Å². The molecule has 11 rings (SSSR count). The lowest BCUT2D eigenvalue weighted by molar-refractivity contribution is 0.654. The van der Waals surface area contributed by atoms with Crippen LogP contribution in [0.1, 0.15) is 36.1 Å². The van der Waals surface area contributed by atoms with Gasteiger partial charge in [0.1, 0.15) is 11.2 Å². The van der Waals surface area contributed by atoms with Gasteiger partial charge >= 0.3 is 0 Å². The van der Waals surface area contributed by atoms with Gasteiger partial charge in [-0.2, -0.15) is 0 Å². The molecule has 0 bridgehead atoms. The molecule has 8 aromatic carbocycles. The molecule has 1 nitrogen and oxygen atoms in total. The van der Waals surface area contributed by atoms with Crippen molar-refractivity contribution in [3.05, 3.63) is 186 Å². The average molecular weight is 709 g/mol. The molecule has 0 aliphatic heterocycles. The van der Waals surface area contributed by atoms with Gasteiger partial charge in [-0.15, -0.1) is 11.3 Å². The standard InChI is InChI=1S/C52H36OS/c1-5-43-51(41-29-46-42(26-30(41)2)33-14-10-12-20-45(33)53-46)40-25-23-31(27-44(40)52(43,3)4)49-36-16-6-8-18-38(36)50(39-19-9-7-17-37(39)49)32-22-24-35-34-15-11-13-21-47(34)54-48(35)28-32/h5-29H,1H2,2-4H3. The van der Waals surface area contributed by atoms with Crippen molar-refractivity contribution in [3.8, 4) is 22.3 Å². The summed E-state index contributed by atoms with van der Waals surface area (Å²) in [4.78, 5) is 0. The Kier molecular flexibility index (Phi) is 6.61. The monoisotopic (exact) mass is 708 g/mol. The molecule has 2 heteroatoms. The lowest BCUT2D eigenvalue weighted by atomic mass is 9.79. The summed E-state index contributed by atoms with van der Waals surface area (Å²) in [6.45, 7) is 11.3. The third-order valence-electron chi connectivity index (χ3n) is 12.0. The number of furan rings is 1. The first-order valence-electron chi connectivity index (χ1n) is 18.7. The maximum atomic E-state index is 6.40. The zero-order valence-corrected chi connectivity index (χ0v) is 31.3. The lowest BCUT2D eigenvalue weighted by Gasteiger charge is -2.24. The fourth-order valence-electron chi connectivity index (χ4n) is 9.47. The normalized spacial score (nSPS) is 14.0. The number of allylic oxidation sites excluding steroid dienone is 2. The fraction of sp³-hybridized carbons (Fsp3) is 0.0769. The van der Waals surface area contributed by atoms with Gasteiger partial charge in [0, 0.05) is 36.4 Å². The molecular weight excluding hydrogens is 673 g/mol. The summed E-state index contributed by atoms with van der Waals surface area (Å²) in [5.74, 6) is 0. The molecule has 0 atom stereocenters. The summed E-state index contributed by atoms with van der Waals surface area (Å²) in [5, 5.41) is 10.0. The van der Waals surface area contributed by atoms with E-state index in [-0.39, 0.29) is 5.41 Å². The molecule has 0 fully saturated rings. The van der Waals surface area contributed by atoms with Crippen molar-refractivity contribution in [2.24, 2.45) is 0 Å². The third kappa shape index (κ3) is 4.32. The van der Waals surface area contributed by atoms with E-state index in [4.69, 9.17) is 4.42 Å². The summed E-state index contributed by atoms with van der Waals surface area (Å²) in [6, 6.07) is 53.8. The van der Waals surface area contributed by atoms with Crippen molar-refractivity contribution in [2.75, 3.05) is 0 Å². The Morgan fingerprint density at radius 2 is 1.09 bits per heavy atom. The Morgan fingerprint density at radius 3 is 1.78 bits per heavy atom. The van der Waals surface area contributed by atoms with Gasteiger partial charge < -0.3 is 4.42 Å². The Labute approximate surface area is 318 Å². The van der Waals surface area contributed by atoms with E-state index in [1.165, 1.54) is 97.4 Å². The number of thiophene rings is 1. The minimum atomic E-state index is -0.247. The maximum absolute atomic E-state index is 6.40. The number of fused-ring (bicyclic) bond motifs is 9. The highest BCUT2D eigenvalue weighted by Crippen LogP contribution is 2.53. The minimum absolute atomic E-state index is 0.247. The molecule has 10 aromatic rings. The van der Waals surface area contributed by atoms with Crippen LogP contribution in [0, 0.1) is 6.92 Å². The van der Waals surface area contributed by atoms with E-state index >= 15 is 0 Å². The largest absolute Gasteiger partial charge is 0.456 e. The van der Waals surface area contributed by atoms with E-state index in [1.54, 1.807) is 0 Å². The zero-order valence-electron chi connectivity index (χ0n) is 30.5. The van der Waals surface area contributed by atoms with Gasteiger partial charge in [0.25, 0.3) is 0 Å². The van der Waals surface area contributed by atoms with Crippen LogP contribution >= 0.6 is 11.3 Å². The molecule has 1 aliphatic rings. The maximum Gasteiger partial charge on any atom is 0.136 e. The quantitative estimate of drug-likeness (QED) is 0.166. The lowest BCUT2D eigenvalue weighted by Crippen LogP contribution is -2.16. The van der Waals surface area contributed by atoms with Crippen LogP contribution < -0.4 is 0 Å². The first-order valence-corrected chi connectivity index (χ1v) is 19.5. The Balaban J connectivity index is 1.12. The number of para-hydroxylation sites is 1. The predicted octanol–water partition coefficient (Wildman–Crippen LogP) is 15.2. The summed E-state index contributed by atoms with van der Waals surface area (Å²) >= 11 is 1.88. The first kappa shape index (κ1) is 31.3. The van der Waals surface area contributed by atoms with Crippen LogP contribution in [-0.2, 0) is 5.41 Å². The molecule has 256 valence electrons. The van der Waals surface area contributed by atoms with Crippen molar-refractivity contribution < 1.29 is 4.42 Å². The number of hydrogen-bond donors (Lipinski definition) is 0. The molecule has 0 N–H and O–H groups in total. The van der Waals surface area contributed by atoms with Crippen LogP contribution in [0.15, 0.2) is 168 Å². The molecule has 0 saturated carbocycles. The Morgan fingerprint density at radius 1 is 0.519 bits per heavy atom. The van der Waals surface area contributed by atoms with Gasteiger partial charge in [0.15, 0.2) is 0 Å². The van der Waals surface area contributed by atoms with Crippen molar-refractivity contribution in [2.45, 2.75) is 26.2 Å². The smallest absolute Gasteiger partial charge is 0.136 e. The topological polar surface area (TPSA) is 13.1 Å².